The van der Waals surface area contributed by atoms with Crippen LogP contribution in [0, 0.1) is 5.41 Å². The first-order valence-electron chi connectivity index (χ1n) is 10.5. The van der Waals surface area contributed by atoms with Crippen LogP contribution in [-0.4, -0.2) is 28.3 Å². The summed E-state index contributed by atoms with van der Waals surface area (Å²) in [5.41, 5.74) is -0.755. The number of thioether (sulfide) groups is 1. The van der Waals surface area contributed by atoms with Gasteiger partial charge in [-0.05, 0) is 25.5 Å². The summed E-state index contributed by atoms with van der Waals surface area (Å²) in [5, 5.41) is 0. The second-order valence-corrected chi connectivity index (χ2v) is 9.39. The molecule has 0 N–H and O–H groups in total. The van der Waals surface area contributed by atoms with E-state index >= 15 is 0 Å². The van der Waals surface area contributed by atoms with Gasteiger partial charge in [-0.1, -0.05) is 90.3 Å². The van der Waals surface area contributed by atoms with Gasteiger partial charge in [0.05, 0.1) is 10.8 Å². The number of hydrogen-bond acceptors (Lipinski definition) is 5. The minimum Gasteiger partial charge on any atom is -0.465 e. The van der Waals surface area contributed by atoms with Gasteiger partial charge >= 0.3 is 5.97 Å². The largest absolute Gasteiger partial charge is 0.465 e. The number of rotatable bonds is 17. The zero-order valence-electron chi connectivity index (χ0n) is 17.2. The summed E-state index contributed by atoms with van der Waals surface area (Å²) in [6, 6.07) is 0. The monoisotopic (exact) mass is 420 g/mol. The fraction of sp³-hybridized carbons (Fsp3) is 0.905. The molecular weight excluding hydrogens is 380 g/mol. The molecule has 154 valence electrons. The first-order chi connectivity index (χ1) is 12.5. The minimum atomic E-state index is -0.755. The Labute approximate surface area is 177 Å². The van der Waals surface area contributed by atoms with E-state index in [1.54, 1.807) is 11.8 Å². The van der Waals surface area contributed by atoms with Crippen molar-refractivity contribution >= 4 is 46.8 Å². The zero-order valence-corrected chi connectivity index (χ0v) is 19.7. The van der Waals surface area contributed by atoms with Crippen LogP contribution in [-0.2, 0) is 9.53 Å². The molecule has 26 heavy (non-hydrogen) atoms. The summed E-state index contributed by atoms with van der Waals surface area (Å²) >= 11 is 11.5. The molecule has 0 spiro atoms. The fourth-order valence-corrected chi connectivity index (χ4v) is 4.51. The van der Waals surface area contributed by atoms with Crippen LogP contribution in [0.1, 0.15) is 97.8 Å². The van der Waals surface area contributed by atoms with Gasteiger partial charge in [0.1, 0.15) is 5.41 Å². The van der Waals surface area contributed by atoms with Crippen LogP contribution in [0.3, 0.4) is 0 Å². The number of thiol groups is 1. The lowest BCUT2D eigenvalue weighted by Crippen LogP contribution is -2.37. The van der Waals surface area contributed by atoms with Crippen LogP contribution in [0.4, 0.5) is 0 Å². The van der Waals surface area contributed by atoms with Gasteiger partial charge < -0.3 is 4.74 Å². The van der Waals surface area contributed by atoms with E-state index in [1.165, 1.54) is 57.8 Å². The molecule has 0 rings (SSSR count). The Kier molecular flexibility index (Phi) is 17.5. The van der Waals surface area contributed by atoms with E-state index in [9.17, 15) is 4.79 Å². The molecule has 0 saturated carbocycles. The normalized spacial score (nSPS) is 13.4. The molecule has 0 fully saturated rings. The van der Waals surface area contributed by atoms with Crippen LogP contribution >= 0.6 is 36.6 Å². The van der Waals surface area contributed by atoms with E-state index < -0.39 is 5.41 Å². The predicted octanol–water partition coefficient (Wildman–Crippen LogP) is 7.25. The molecule has 0 amide bonds. The van der Waals surface area contributed by atoms with E-state index in [1.807, 2.05) is 6.92 Å². The van der Waals surface area contributed by atoms with Crippen molar-refractivity contribution < 1.29 is 9.53 Å². The van der Waals surface area contributed by atoms with Crippen molar-refractivity contribution in [3.63, 3.8) is 0 Å². The molecule has 1 unspecified atom stereocenters. The van der Waals surface area contributed by atoms with Crippen LogP contribution in [0.25, 0.3) is 0 Å². The smallest absolute Gasteiger partial charge is 0.318 e. The summed E-state index contributed by atoms with van der Waals surface area (Å²) in [6.07, 6.45) is 15.2. The Morgan fingerprint density at radius 1 is 0.923 bits per heavy atom. The third kappa shape index (κ3) is 11.9. The third-order valence-electron chi connectivity index (χ3n) is 4.68. The highest BCUT2D eigenvalue weighted by atomic mass is 32.2. The first-order valence-corrected chi connectivity index (χ1v) is 12.5. The lowest BCUT2D eigenvalue weighted by atomic mass is 9.96. The average molecular weight is 421 g/mol. The Hall–Kier alpha value is 0.260. The van der Waals surface area contributed by atoms with Gasteiger partial charge in [0, 0.05) is 5.75 Å². The van der Waals surface area contributed by atoms with Crippen molar-refractivity contribution in [1.29, 1.82) is 0 Å². The molecule has 0 aromatic rings. The molecule has 5 heteroatoms. The summed E-state index contributed by atoms with van der Waals surface area (Å²) in [4.78, 5) is 12.3. The molecule has 0 aromatic carbocycles. The van der Waals surface area contributed by atoms with E-state index in [0.717, 1.165) is 29.2 Å². The van der Waals surface area contributed by atoms with E-state index in [4.69, 9.17) is 17.0 Å². The Balaban J connectivity index is 3.82. The van der Waals surface area contributed by atoms with E-state index in [0.29, 0.717) is 12.4 Å². The number of esters is 1. The van der Waals surface area contributed by atoms with Gasteiger partial charge in [0.15, 0.2) is 0 Å². The lowest BCUT2D eigenvalue weighted by Gasteiger charge is -2.26. The average Bonchev–Trinajstić information content (AvgIpc) is 2.65. The quantitative estimate of drug-likeness (QED) is 0.116. The molecule has 1 atom stereocenters. The number of ether oxygens (including phenoxy) is 1. The fourth-order valence-electron chi connectivity index (χ4n) is 2.59. The lowest BCUT2D eigenvalue weighted by molar-refractivity contribution is -0.149. The maximum absolute atomic E-state index is 12.3. The minimum absolute atomic E-state index is 0.221. The zero-order chi connectivity index (χ0) is 19.7. The Bertz CT molecular complexity index is 374. The number of hydrogen-bond donors (Lipinski definition) is 1. The molecule has 0 aliphatic heterocycles. The molecule has 0 aliphatic carbocycles. The predicted molar refractivity (Wildman–Crippen MR) is 125 cm³/mol. The number of carbonyl (C=O) groups excluding carboxylic acids is 1. The molecule has 0 radical (unpaired) electrons. The molecule has 0 saturated heterocycles. The molecule has 0 aromatic heterocycles. The Morgan fingerprint density at radius 2 is 1.42 bits per heavy atom. The molecule has 2 nitrogen and oxygen atoms in total. The summed E-state index contributed by atoms with van der Waals surface area (Å²) in [5.74, 6) is 1.17. The second-order valence-electron chi connectivity index (χ2n) is 7.30. The third-order valence-corrected chi connectivity index (χ3v) is 7.32. The number of unbranched alkanes of at least 4 members (excludes halogenated alkanes) is 10. The first kappa shape index (κ1) is 26.3. The highest BCUT2D eigenvalue weighted by Crippen LogP contribution is 2.30. The van der Waals surface area contributed by atoms with Crippen LogP contribution < -0.4 is 0 Å². The maximum Gasteiger partial charge on any atom is 0.318 e. The standard InChI is InChI=1S/C21H40O2S3/c1-4-6-8-9-10-11-12-13-14-15-17-26-20(25)21(3,18-24)19(22)23-16-7-5-2/h24H,4-18H2,1-3H3. The van der Waals surface area contributed by atoms with Crippen LogP contribution in [0.2, 0.25) is 0 Å². The van der Waals surface area contributed by atoms with Crippen molar-refractivity contribution in [3.05, 3.63) is 0 Å². The van der Waals surface area contributed by atoms with Gasteiger partial charge in [-0.3, -0.25) is 4.79 Å². The molecule has 0 bridgehead atoms. The maximum atomic E-state index is 12.3. The van der Waals surface area contributed by atoms with Crippen molar-refractivity contribution in [1.82, 2.24) is 0 Å². The van der Waals surface area contributed by atoms with Crippen molar-refractivity contribution in [2.24, 2.45) is 5.41 Å². The van der Waals surface area contributed by atoms with Crippen LogP contribution in [0.5, 0.6) is 0 Å². The molecule has 0 aliphatic rings. The second kappa shape index (κ2) is 17.4. The van der Waals surface area contributed by atoms with Gasteiger partial charge in [0.25, 0.3) is 0 Å². The van der Waals surface area contributed by atoms with Gasteiger partial charge in [-0.25, -0.2) is 0 Å². The highest BCUT2D eigenvalue weighted by Gasteiger charge is 2.38. The van der Waals surface area contributed by atoms with Crippen molar-refractivity contribution in [2.45, 2.75) is 97.8 Å². The summed E-state index contributed by atoms with van der Waals surface area (Å²) in [6.45, 7) is 6.68. The Morgan fingerprint density at radius 3 is 1.92 bits per heavy atom. The van der Waals surface area contributed by atoms with Crippen LogP contribution in [0.15, 0.2) is 0 Å². The van der Waals surface area contributed by atoms with Crippen molar-refractivity contribution in [3.8, 4) is 0 Å². The van der Waals surface area contributed by atoms with Gasteiger partial charge in [-0.15, -0.1) is 11.8 Å². The summed E-state index contributed by atoms with van der Waals surface area (Å²) < 4.78 is 6.10. The van der Waals surface area contributed by atoms with E-state index in [-0.39, 0.29) is 5.97 Å². The SMILES string of the molecule is CCCCCCCCCCCCSC(=S)C(C)(CS)C(=O)OCCCC. The molecule has 0 heterocycles. The highest BCUT2D eigenvalue weighted by molar-refractivity contribution is 8.23. The summed E-state index contributed by atoms with van der Waals surface area (Å²) in [7, 11) is 0. The van der Waals surface area contributed by atoms with Crippen molar-refractivity contribution in [2.75, 3.05) is 18.1 Å². The van der Waals surface area contributed by atoms with Gasteiger partial charge in [-0.2, -0.15) is 12.6 Å². The number of carbonyl (C=O) groups is 1. The van der Waals surface area contributed by atoms with E-state index in [2.05, 4.69) is 26.5 Å². The molecular formula is C21H40O2S3. The topological polar surface area (TPSA) is 26.3 Å². The number of thiocarbonyl (C=S) groups is 1. The van der Waals surface area contributed by atoms with Gasteiger partial charge in [0.2, 0.25) is 0 Å².